The maximum atomic E-state index is 10.8. The van der Waals surface area contributed by atoms with Crippen molar-refractivity contribution in [3.05, 3.63) is 0 Å². The summed E-state index contributed by atoms with van der Waals surface area (Å²) in [5, 5.41) is 9.46. The molecule has 16 heavy (non-hydrogen) atoms. The number of hydrogen-bond acceptors (Lipinski definition) is 3. The number of hydrogen-bond donors (Lipinski definition) is 2. The van der Waals surface area contributed by atoms with Crippen LogP contribution in [-0.2, 0) is 10.1 Å². The predicted molar refractivity (Wildman–Crippen MR) is 62.5 cm³/mol. The summed E-state index contributed by atoms with van der Waals surface area (Å²) in [6.07, 6.45) is 3.17. The zero-order valence-corrected chi connectivity index (χ0v) is 11.0. The molecule has 5 heteroatoms. The van der Waals surface area contributed by atoms with Crippen molar-refractivity contribution in [1.82, 2.24) is 0 Å². The van der Waals surface area contributed by atoms with Crippen LogP contribution >= 0.6 is 0 Å². The molecule has 0 aromatic heterocycles. The van der Waals surface area contributed by atoms with E-state index in [2.05, 4.69) is 20.8 Å². The Morgan fingerprint density at radius 3 is 1.88 bits per heavy atom. The van der Waals surface area contributed by atoms with Crippen molar-refractivity contribution >= 4 is 10.1 Å². The molecular formula is C11H22O4S. The maximum Gasteiger partial charge on any atom is 0.292 e. The molecule has 1 unspecified atom stereocenters. The highest BCUT2D eigenvalue weighted by Gasteiger charge is 2.36. The van der Waals surface area contributed by atoms with Crippen LogP contribution in [0.2, 0.25) is 0 Å². The molecule has 4 nitrogen and oxygen atoms in total. The summed E-state index contributed by atoms with van der Waals surface area (Å²) in [7, 11) is -4.30. The molecule has 0 aromatic carbocycles. The fraction of sp³-hybridized carbons (Fsp3) is 1.00. The van der Waals surface area contributed by atoms with E-state index >= 15 is 0 Å². The van der Waals surface area contributed by atoms with Crippen molar-refractivity contribution < 1.29 is 18.1 Å². The number of aliphatic hydroxyl groups is 1. The second-order valence-electron chi connectivity index (χ2n) is 5.88. The first-order valence-electron chi connectivity index (χ1n) is 5.76. The van der Waals surface area contributed by atoms with Gasteiger partial charge in [0.2, 0.25) is 0 Å². The molecule has 0 radical (unpaired) electrons. The predicted octanol–water partition coefficient (Wildman–Crippen LogP) is 2.05. The van der Waals surface area contributed by atoms with Crippen molar-refractivity contribution in [1.29, 1.82) is 0 Å². The van der Waals surface area contributed by atoms with Gasteiger partial charge in [-0.25, -0.2) is 0 Å². The molecule has 2 N–H and O–H groups in total. The van der Waals surface area contributed by atoms with Gasteiger partial charge < -0.3 is 5.11 Å². The third kappa shape index (κ3) is 3.43. The van der Waals surface area contributed by atoms with Crippen LogP contribution < -0.4 is 0 Å². The summed E-state index contributed by atoms with van der Waals surface area (Å²) in [6, 6.07) is 0. The van der Waals surface area contributed by atoms with Crippen molar-refractivity contribution in [2.45, 2.75) is 51.9 Å². The largest absolute Gasteiger partial charge is 0.375 e. The van der Waals surface area contributed by atoms with E-state index in [1.807, 2.05) is 0 Å². The highest BCUT2D eigenvalue weighted by Crippen LogP contribution is 2.41. The Balaban J connectivity index is 2.56. The van der Waals surface area contributed by atoms with Crippen molar-refractivity contribution in [3.63, 3.8) is 0 Å². The lowest BCUT2D eigenvalue weighted by atomic mass is 9.70. The lowest BCUT2D eigenvalue weighted by Crippen LogP contribution is -2.34. The molecule has 0 spiro atoms. The number of rotatable bonds is 2. The van der Waals surface area contributed by atoms with E-state index < -0.39 is 15.6 Å². The average Bonchev–Trinajstić information content (AvgIpc) is 2.14. The standard InChI is InChI=1S/C11H22O4S/c1-11(2,3)9-6-4-8(5-7-9)10(12)16(13,14)15/h8-10,12H,4-7H2,1-3H3,(H,13,14,15). The molecule has 0 aromatic rings. The average molecular weight is 250 g/mol. The zero-order valence-electron chi connectivity index (χ0n) is 10.2. The Bertz CT molecular complexity index is 320. The van der Waals surface area contributed by atoms with Crippen molar-refractivity contribution in [3.8, 4) is 0 Å². The summed E-state index contributed by atoms with van der Waals surface area (Å²) in [5.74, 6) is 0.256. The summed E-state index contributed by atoms with van der Waals surface area (Å²) in [4.78, 5) is 0. The SMILES string of the molecule is CC(C)(C)C1CCC(C(O)S(=O)(=O)O)CC1. The van der Waals surface area contributed by atoms with Crippen LogP contribution in [0.1, 0.15) is 46.5 Å². The van der Waals surface area contributed by atoms with E-state index in [-0.39, 0.29) is 11.3 Å². The zero-order chi connectivity index (χ0) is 12.6. The lowest BCUT2D eigenvalue weighted by molar-refractivity contribution is 0.0906. The monoisotopic (exact) mass is 250 g/mol. The van der Waals surface area contributed by atoms with E-state index in [1.165, 1.54) is 0 Å². The van der Waals surface area contributed by atoms with Gasteiger partial charge in [-0.1, -0.05) is 20.8 Å². The number of aliphatic hydroxyl groups excluding tert-OH is 1. The fourth-order valence-corrected chi connectivity index (χ4v) is 3.27. The van der Waals surface area contributed by atoms with Crippen LogP contribution in [0.5, 0.6) is 0 Å². The van der Waals surface area contributed by atoms with Crippen molar-refractivity contribution in [2.75, 3.05) is 0 Å². The van der Waals surface area contributed by atoms with E-state index in [1.54, 1.807) is 0 Å². The smallest absolute Gasteiger partial charge is 0.292 e. The third-order valence-electron chi connectivity index (χ3n) is 3.71. The van der Waals surface area contributed by atoms with Crippen molar-refractivity contribution in [2.24, 2.45) is 17.3 Å². The van der Waals surface area contributed by atoms with Crippen LogP contribution in [-0.4, -0.2) is 23.5 Å². The highest BCUT2D eigenvalue weighted by molar-refractivity contribution is 7.86. The van der Waals surface area contributed by atoms with Gasteiger partial charge in [0.25, 0.3) is 10.1 Å². The van der Waals surface area contributed by atoms with Crippen LogP contribution in [0.4, 0.5) is 0 Å². The van der Waals surface area contributed by atoms with Crippen LogP contribution in [0.15, 0.2) is 0 Å². The van der Waals surface area contributed by atoms with Gasteiger partial charge in [-0.3, -0.25) is 4.55 Å². The Kier molecular flexibility index (Phi) is 4.03. The molecule has 0 heterocycles. The molecule has 1 atom stereocenters. The highest BCUT2D eigenvalue weighted by atomic mass is 32.2. The third-order valence-corrected chi connectivity index (χ3v) is 4.70. The first-order valence-corrected chi connectivity index (χ1v) is 7.27. The summed E-state index contributed by atoms with van der Waals surface area (Å²) in [6.45, 7) is 6.53. The van der Waals surface area contributed by atoms with Gasteiger partial charge in [0.05, 0.1) is 0 Å². The van der Waals surface area contributed by atoms with E-state index in [4.69, 9.17) is 4.55 Å². The van der Waals surface area contributed by atoms with Gasteiger partial charge in [-0.15, -0.1) is 0 Å². The van der Waals surface area contributed by atoms with E-state index in [0.29, 0.717) is 18.8 Å². The van der Waals surface area contributed by atoms with E-state index in [9.17, 15) is 13.5 Å². The second-order valence-corrected chi connectivity index (χ2v) is 7.40. The molecular weight excluding hydrogens is 228 g/mol. The molecule has 0 saturated heterocycles. The molecule has 0 amide bonds. The quantitative estimate of drug-likeness (QED) is 0.735. The normalized spacial score (nSPS) is 30.1. The Morgan fingerprint density at radius 2 is 1.56 bits per heavy atom. The second kappa shape index (κ2) is 4.63. The summed E-state index contributed by atoms with van der Waals surface area (Å²) >= 11 is 0. The topological polar surface area (TPSA) is 74.6 Å². The Labute approximate surface area is 97.8 Å². The van der Waals surface area contributed by atoms with Gasteiger partial charge >= 0.3 is 0 Å². The van der Waals surface area contributed by atoms with Gasteiger partial charge in [-0.2, -0.15) is 8.42 Å². The molecule has 0 aliphatic heterocycles. The first kappa shape index (κ1) is 13.9. The first-order chi connectivity index (χ1) is 7.12. The Morgan fingerprint density at radius 1 is 1.12 bits per heavy atom. The van der Waals surface area contributed by atoms with Gasteiger partial charge in [0.15, 0.2) is 5.44 Å². The van der Waals surface area contributed by atoms with Crippen LogP contribution in [0, 0.1) is 17.3 Å². The minimum Gasteiger partial charge on any atom is -0.375 e. The molecule has 1 aliphatic rings. The van der Waals surface area contributed by atoms with Gasteiger partial charge in [-0.05, 0) is 37.0 Å². The van der Waals surface area contributed by atoms with Gasteiger partial charge in [0.1, 0.15) is 0 Å². The summed E-state index contributed by atoms with van der Waals surface area (Å²) in [5.41, 5.74) is -1.37. The van der Waals surface area contributed by atoms with Crippen LogP contribution in [0.25, 0.3) is 0 Å². The molecule has 1 aliphatic carbocycles. The molecule has 0 bridgehead atoms. The van der Waals surface area contributed by atoms with Gasteiger partial charge in [0, 0.05) is 5.92 Å². The fourth-order valence-electron chi connectivity index (χ4n) is 2.51. The summed E-state index contributed by atoms with van der Waals surface area (Å²) < 4.78 is 30.4. The molecule has 1 saturated carbocycles. The lowest BCUT2D eigenvalue weighted by Gasteiger charge is -2.37. The molecule has 1 fully saturated rings. The molecule has 96 valence electrons. The minimum absolute atomic E-state index is 0.230. The van der Waals surface area contributed by atoms with Crippen LogP contribution in [0.3, 0.4) is 0 Å². The molecule has 1 rings (SSSR count). The Hall–Kier alpha value is -0.130. The minimum atomic E-state index is -4.30. The van der Waals surface area contributed by atoms with E-state index in [0.717, 1.165) is 12.8 Å². The maximum absolute atomic E-state index is 10.8.